The zero-order valence-electron chi connectivity index (χ0n) is 16.1. The lowest BCUT2D eigenvalue weighted by Crippen LogP contribution is -2.26. The molecule has 1 aliphatic rings. The van der Waals surface area contributed by atoms with E-state index in [9.17, 15) is 13.2 Å². The molecule has 2 heterocycles. The highest BCUT2D eigenvalue weighted by Crippen LogP contribution is 2.30. The van der Waals surface area contributed by atoms with Gasteiger partial charge in [-0.15, -0.1) is 11.3 Å². The number of hydrogen-bond donors (Lipinski definition) is 2. The van der Waals surface area contributed by atoms with Crippen molar-refractivity contribution in [1.29, 1.82) is 0 Å². The van der Waals surface area contributed by atoms with Gasteiger partial charge in [-0.1, -0.05) is 19.4 Å². The number of unbranched alkanes of at least 4 members (excludes halogenated alkanes) is 1. The molecule has 0 radical (unpaired) electrons. The molecule has 4 rings (SSSR count). The van der Waals surface area contributed by atoms with Crippen LogP contribution in [0.4, 0.5) is 0 Å². The summed E-state index contributed by atoms with van der Waals surface area (Å²) in [5, 5.41) is 5.51. The van der Waals surface area contributed by atoms with E-state index < -0.39 is 10.0 Å². The minimum Gasteiger partial charge on any atom is -0.349 e. The van der Waals surface area contributed by atoms with E-state index in [0.717, 1.165) is 30.6 Å². The van der Waals surface area contributed by atoms with Crippen molar-refractivity contribution >= 4 is 38.2 Å². The van der Waals surface area contributed by atoms with Crippen LogP contribution in [0.1, 0.15) is 43.0 Å². The molecule has 3 aromatic rings. The topological polar surface area (TPSA) is 88.2 Å². The molecule has 0 spiro atoms. The average Bonchev–Trinajstić information content (AvgIpc) is 3.35. The van der Waals surface area contributed by atoms with Gasteiger partial charge in [0, 0.05) is 18.0 Å². The summed E-state index contributed by atoms with van der Waals surface area (Å²) in [6.07, 6.45) is 3.63. The van der Waals surface area contributed by atoms with Gasteiger partial charge in [-0.25, -0.2) is 18.1 Å². The molecule has 0 unspecified atom stereocenters. The first-order valence-electron chi connectivity index (χ1n) is 9.77. The number of pyridine rings is 1. The monoisotopic (exact) mass is 429 g/mol. The van der Waals surface area contributed by atoms with Crippen LogP contribution in [0.25, 0.3) is 21.5 Å². The van der Waals surface area contributed by atoms with Crippen LogP contribution >= 0.6 is 11.3 Å². The number of carbonyl (C=O) groups excluding carboxylic acids is 1. The maximum atomic E-state index is 12.9. The lowest BCUT2D eigenvalue weighted by Gasteiger charge is -2.12. The molecule has 8 heteroatoms. The van der Waals surface area contributed by atoms with E-state index in [1.54, 1.807) is 35.6 Å². The Morgan fingerprint density at radius 1 is 1.24 bits per heavy atom. The molecule has 0 bridgehead atoms. The maximum absolute atomic E-state index is 12.9. The maximum Gasteiger partial charge on any atom is 0.252 e. The van der Waals surface area contributed by atoms with Crippen molar-refractivity contribution < 1.29 is 13.2 Å². The number of rotatable bonds is 8. The van der Waals surface area contributed by atoms with Gasteiger partial charge >= 0.3 is 0 Å². The van der Waals surface area contributed by atoms with Crippen LogP contribution in [0.3, 0.4) is 0 Å². The third-order valence-corrected chi connectivity index (χ3v) is 7.19. The molecule has 0 saturated heterocycles. The summed E-state index contributed by atoms with van der Waals surface area (Å²) in [6.45, 7) is 2.40. The van der Waals surface area contributed by atoms with Crippen molar-refractivity contribution in [2.24, 2.45) is 0 Å². The summed E-state index contributed by atoms with van der Waals surface area (Å²) < 4.78 is 27.9. The molecule has 1 aliphatic carbocycles. The fourth-order valence-corrected chi connectivity index (χ4v) is 4.85. The third kappa shape index (κ3) is 4.49. The van der Waals surface area contributed by atoms with Gasteiger partial charge in [-0.2, -0.15) is 0 Å². The Kier molecular flexibility index (Phi) is 5.67. The molecule has 2 N–H and O–H groups in total. The summed E-state index contributed by atoms with van der Waals surface area (Å²) in [5.41, 5.74) is 1.77. The molecule has 29 heavy (non-hydrogen) atoms. The number of benzene rings is 1. The number of fused-ring (bicyclic) bond motifs is 1. The van der Waals surface area contributed by atoms with Crippen molar-refractivity contribution in [2.45, 2.75) is 43.5 Å². The van der Waals surface area contributed by atoms with Crippen molar-refractivity contribution in [1.82, 2.24) is 15.0 Å². The SMILES string of the molecule is CCCCNS(=O)(=O)c1ccc2nc(-c3cccs3)cc(C(=O)NC3CC3)c2c1. The number of amides is 1. The van der Waals surface area contributed by atoms with Crippen LogP contribution in [-0.2, 0) is 10.0 Å². The predicted octanol–water partition coefficient (Wildman–Crippen LogP) is 3.93. The summed E-state index contributed by atoms with van der Waals surface area (Å²) in [4.78, 5) is 18.7. The molecule has 152 valence electrons. The van der Waals surface area contributed by atoms with Gasteiger partial charge < -0.3 is 5.32 Å². The lowest BCUT2D eigenvalue weighted by atomic mass is 10.1. The van der Waals surface area contributed by atoms with E-state index in [1.807, 2.05) is 24.4 Å². The first-order chi connectivity index (χ1) is 14.0. The second-order valence-corrected chi connectivity index (χ2v) is 9.93. The number of nitrogens with zero attached hydrogens (tertiary/aromatic N) is 1. The highest BCUT2D eigenvalue weighted by molar-refractivity contribution is 7.89. The van der Waals surface area contributed by atoms with E-state index in [4.69, 9.17) is 0 Å². The molecule has 1 amide bonds. The largest absolute Gasteiger partial charge is 0.349 e. The molecule has 2 aromatic heterocycles. The summed E-state index contributed by atoms with van der Waals surface area (Å²) >= 11 is 1.55. The lowest BCUT2D eigenvalue weighted by molar-refractivity contribution is 0.0952. The van der Waals surface area contributed by atoms with E-state index in [2.05, 4.69) is 15.0 Å². The fourth-order valence-electron chi connectivity index (χ4n) is 3.07. The van der Waals surface area contributed by atoms with Crippen molar-refractivity contribution in [2.75, 3.05) is 6.54 Å². The molecule has 6 nitrogen and oxygen atoms in total. The number of thiophene rings is 1. The number of carbonyl (C=O) groups is 1. The highest BCUT2D eigenvalue weighted by atomic mass is 32.2. The number of nitrogens with one attached hydrogen (secondary N) is 2. The van der Waals surface area contributed by atoms with Gasteiger partial charge in [0.1, 0.15) is 0 Å². The quantitative estimate of drug-likeness (QED) is 0.531. The standard InChI is InChI=1S/C21H23N3O3S2/c1-2-3-10-22-29(26,27)15-8-9-18-16(12-15)17(21(25)23-14-6-7-14)13-19(24-18)20-5-4-11-28-20/h4-5,8-9,11-14,22H,2-3,6-7,10H2,1H3,(H,23,25). The second-order valence-electron chi connectivity index (χ2n) is 7.21. The van der Waals surface area contributed by atoms with Crippen molar-refractivity contribution in [3.05, 3.63) is 47.3 Å². The Morgan fingerprint density at radius 2 is 2.07 bits per heavy atom. The Labute approximate surface area is 174 Å². The molecular formula is C21H23N3O3S2. The number of hydrogen-bond acceptors (Lipinski definition) is 5. The Morgan fingerprint density at radius 3 is 2.76 bits per heavy atom. The van der Waals surface area contributed by atoms with Gasteiger partial charge in [-0.05, 0) is 55.0 Å². The normalized spacial score (nSPS) is 14.2. The zero-order valence-corrected chi connectivity index (χ0v) is 17.8. The molecule has 1 fully saturated rings. The fraction of sp³-hybridized carbons (Fsp3) is 0.333. The van der Waals surface area contributed by atoms with Crippen LogP contribution in [0.15, 0.2) is 46.7 Å². The zero-order chi connectivity index (χ0) is 20.4. The van der Waals surface area contributed by atoms with E-state index in [0.29, 0.717) is 28.7 Å². The number of sulfonamides is 1. The van der Waals surface area contributed by atoms with Gasteiger partial charge in [0.05, 0.1) is 26.5 Å². The predicted molar refractivity (Wildman–Crippen MR) is 116 cm³/mol. The smallest absolute Gasteiger partial charge is 0.252 e. The number of aromatic nitrogens is 1. The molecule has 0 aliphatic heterocycles. The third-order valence-electron chi connectivity index (χ3n) is 4.84. The molecule has 0 atom stereocenters. The van der Waals surface area contributed by atoms with Gasteiger partial charge in [0.2, 0.25) is 10.0 Å². The van der Waals surface area contributed by atoms with Crippen LogP contribution in [0, 0.1) is 0 Å². The Hall–Kier alpha value is -2.29. The molecule has 1 aromatic carbocycles. The summed E-state index contributed by atoms with van der Waals surface area (Å²) in [7, 11) is -3.64. The van der Waals surface area contributed by atoms with Crippen LogP contribution in [0.5, 0.6) is 0 Å². The van der Waals surface area contributed by atoms with Crippen molar-refractivity contribution in [3.8, 4) is 10.6 Å². The van der Waals surface area contributed by atoms with Gasteiger partial charge in [0.25, 0.3) is 5.91 Å². The van der Waals surface area contributed by atoms with E-state index in [-0.39, 0.29) is 16.8 Å². The average molecular weight is 430 g/mol. The van der Waals surface area contributed by atoms with Crippen LogP contribution in [0.2, 0.25) is 0 Å². The molecule has 1 saturated carbocycles. The summed E-state index contributed by atoms with van der Waals surface area (Å²) in [5.74, 6) is -0.189. The minimum atomic E-state index is -3.64. The van der Waals surface area contributed by atoms with Crippen LogP contribution < -0.4 is 10.0 Å². The van der Waals surface area contributed by atoms with Gasteiger partial charge in [0.15, 0.2) is 0 Å². The minimum absolute atomic E-state index is 0.146. The first-order valence-corrected chi connectivity index (χ1v) is 12.1. The van der Waals surface area contributed by atoms with E-state index in [1.165, 1.54) is 0 Å². The van der Waals surface area contributed by atoms with Crippen molar-refractivity contribution in [3.63, 3.8) is 0 Å². The Balaban J connectivity index is 1.79. The highest BCUT2D eigenvalue weighted by Gasteiger charge is 2.26. The Bertz CT molecular complexity index is 1140. The van der Waals surface area contributed by atoms with Gasteiger partial charge in [-0.3, -0.25) is 4.79 Å². The van der Waals surface area contributed by atoms with E-state index >= 15 is 0 Å². The molecular weight excluding hydrogens is 406 g/mol. The second kappa shape index (κ2) is 8.22. The summed E-state index contributed by atoms with van der Waals surface area (Å²) in [6, 6.07) is 10.6. The first kappa shape index (κ1) is 20.0. The van der Waals surface area contributed by atoms with Crippen LogP contribution in [-0.4, -0.2) is 31.9 Å².